The van der Waals surface area contributed by atoms with E-state index in [1.165, 1.54) is 5.56 Å². The van der Waals surface area contributed by atoms with E-state index >= 15 is 0 Å². The lowest BCUT2D eigenvalue weighted by Gasteiger charge is -2.32. The molecule has 1 fully saturated rings. The number of rotatable bonds is 5. The molecule has 1 amide bonds. The standard InChI is InChI=1S/C30H31N7O.CH4/c1-35-11-13-37(14-12-35)19-22-9-10-26(25-6-4-3-5-24(22)25)30(38)33-29-17-27(36(2)34-29)21-8-7-20-16-28(31)32-18-23(20)15-21;/h3-10,15-18H,11-14,19H2,1-2H3,(H2,31,32)(H,33,34,38);1H4. The zero-order valence-corrected chi connectivity index (χ0v) is 21.7. The molecule has 3 heterocycles. The number of hydrogen-bond donors (Lipinski definition) is 2. The molecule has 8 nitrogen and oxygen atoms in total. The Hall–Kier alpha value is -4.27. The molecule has 3 aromatic carbocycles. The number of benzene rings is 3. The number of nitrogens with one attached hydrogen (secondary N) is 1. The van der Waals surface area contributed by atoms with Crippen LogP contribution < -0.4 is 11.1 Å². The summed E-state index contributed by atoms with van der Waals surface area (Å²) < 4.78 is 1.78. The molecule has 1 aliphatic rings. The fourth-order valence-electron chi connectivity index (χ4n) is 5.24. The molecule has 2 aromatic heterocycles. The third kappa shape index (κ3) is 5.34. The second-order valence-corrected chi connectivity index (χ2v) is 10.1. The van der Waals surface area contributed by atoms with Crippen LogP contribution in [0.1, 0.15) is 23.3 Å². The molecular weight excluding hydrogens is 486 g/mol. The fourth-order valence-corrected chi connectivity index (χ4v) is 5.24. The number of anilines is 2. The smallest absolute Gasteiger partial charge is 0.257 e. The van der Waals surface area contributed by atoms with E-state index < -0.39 is 0 Å². The van der Waals surface area contributed by atoms with E-state index in [-0.39, 0.29) is 13.3 Å². The van der Waals surface area contributed by atoms with Gasteiger partial charge in [0.2, 0.25) is 0 Å². The average molecular weight is 522 g/mol. The van der Waals surface area contributed by atoms with Gasteiger partial charge in [0.05, 0.1) is 5.69 Å². The Bertz CT molecular complexity index is 1650. The molecule has 200 valence electrons. The Kier molecular flexibility index (Phi) is 7.32. The van der Waals surface area contributed by atoms with Crippen molar-refractivity contribution in [3.05, 3.63) is 84.1 Å². The van der Waals surface area contributed by atoms with Crippen LogP contribution in [0.2, 0.25) is 0 Å². The molecule has 3 N–H and O–H groups in total. The first-order valence-corrected chi connectivity index (χ1v) is 12.9. The van der Waals surface area contributed by atoms with Crippen molar-refractivity contribution < 1.29 is 4.79 Å². The van der Waals surface area contributed by atoms with Crippen LogP contribution in [0.25, 0.3) is 32.8 Å². The maximum Gasteiger partial charge on any atom is 0.257 e. The number of hydrogen-bond acceptors (Lipinski definition) is 6. The Labute approximate surface area is 229 Å². The molecule has 39 heavy (non-hydrogen) atoms. The minimum Gasteiger partial charge on any atom is -0.384 e. The predicted octanol–water partition coefficient (Wildman–Crippen LogP) is 5.01. The summed E-state index contributed by atoms with van der Waals surface area (Å²) in [5.41, 5.74) is 9.58. The first kappa shape index (κ1) is 26.3. The van der Waals surface area contributed by atoms with E-state index in [9.17, 15) is 4.79 Å². The molecule has 1 saturated heterocycles. The van der Waals surface area contributed by atoms with Gasteiger partial charge in [-0.15, -0.1) is 0 Å². The molecule has 1 aliphatic heterocycles. The van der Waals surface area contributed by atoms with Crippen LogP contribution in [0, 0.1) is 0 Å². The maximum absolute atomic E-state index is 13.4. The molecule has 0 saturated carbocycles. The van der Waals surface area contributed by atoms with Crippen LogP contribution in [-0.2, 0) is 13.6 Å². The highest BCUT2D eigenvalue weighted by Gasteiger charge is 2.18. The van der Waals surface area contributed by atoms with Crippen molar-refractivity contribution in [3.63, 3.8) is 0 Å². The molecule has 0 spiro atoms. The highest BCUT2D eigenvalue weighted by Crippen LogP contribution is 2.28. The third-order valence-electron chi connectivity index (χ3n) is 7.41. The number of carbonyl (C=O) groups excluding carboxylic acids is 1. The number of nitrogens with two attached hydrogens (primary N) is 1. The van der Waals surface area contributed by atoms with Crippen molar-refractivity contribution in [2.75, 3.05) is 44.3 Å². The number of nitrogens with zero attached hydrogens (tertiary/aromatic N) is 5. The monoisotopic (exact) mass is 521 g/mol. The molecule has 6 rings (SSSR count). The van der Waals surface area contributed by atoms with E-state index in [4.69, 9.17) is 5.73 Å². The lowest BCUT2D eigenvalue weighted by atomic mass is 9.98. The van der Waals surface area contributed by atoms with Gasteiger partial charge >= 0.3 is 0 Å². The van der Waals surface area contributed by atoms with E-state index in [1.807, 2.05) is 55.6 Å². The van der Waals surface area contributed by atoms with Crippen LogP contribution in [-0.4, -0.2) is 63.7 Å². The Balaban J connectivity index is 0.00000308. The number of aromatic nitrogens is 3. The van der Waals surface area contributed by atoms with Crippen LogP contribution in [0.4, 0.5) is 11.6 Å². The van der Waals surface area contributed by atoms with Crippen molar-refractivity contribution in [1.82, 2.24) is 24.6 Å². The maximum atomic E-state index is 13.4. The number of piperazine rings is 1. The Morgan fingerprint density at radius 3 is 2.49 bits per heavy atom. The van der Waals surface area contributed by atoms with Gasteiger partial charge in [-0.2, -0.15) is 5.10 Å². The van der Waals surface area contributed by atoms with Gasteiger partial charge in [-0.25, -0.2) is 4.98 Å². The van der Waals surface area contributed by atoms with Crippen LogP contribution in [0.3, 0.4) is 0 Å². The largest absolute Gasteiger partial charge is 0.384 e. The summed E-state index contributed by atoms with van der Waals surface area (Å²) in [6.07, 6.45) is 1.77. The van der Waals surface area contributed by atoms with Gasteiger partial charge in [-0.1, -0.05) is 49.9 Å². The van der Waals surface area contributed by atoms with Gasteiger partial charge in [0, 0.05) is 68.5 Å². The molecular formula is C31H35N7O. The first-order chi connectivity index (χ1) is 18.4. The van der Waals surface area contributed by atoms with Crippen molar-refractivity contribution >= 4 is 39.1 Å². The first-order valence-electron chi connectivity index (χ1n) is 12.9. The lowest BCUT2D eigenvalue weighted by Crippen LogP contribution is -2.43. The predicted molar refractivity (Wildman–Crippen MR) is 160 cm³/mol. The van der Waals surface area contributed by atoms with Gasteiger partial charge in [0.25, 0.3) is 5.91 Å². The Morgan fingerprint density at radius 2 is 1.69 bits per heavy atom. The SMILES string of the molecule is C.CN1CCN(Cc2ccc(C(=O)Nc3cc(-c4ccc5cc(N)ncc5c4)n(C)n3)c3ccccc23)CC1. The number of pyridine rings is 1. The van der Waals surface area contributed by atoms with Crippen LogP contribution in [0.5, 0.6) is 0 Å². The highest BCUT2D eigenvalue weighted by atomic mass is 16.1. The van der Waals surface area contributed by atoms with Gasteiger partial charge < -0.3 is 16.0 Å². The fraction of sp³-hybridized carbons (Fsp3) is 0.258. The van der Waals surface area contributed by atoms with Gasteiger partial charge in [-0.3, -0.25) is 14.4 Å². The highest BCUT2D eigenvalue weighted by molar-refractivity contribution is 6.13. The molecule has 0 atom stereocenters. The quantitative estimate of drug-likeness (QED) is 0.338. The lowest BCUT2D eigenvalue weighted by molar-refractivity contribution is 0.102. The summed E-state index contributed by atoms with van der Waals surface area (Å²) in [6, 6.07) is 22.0. The molecule has 0 radical (unpaired) electrons. The molecule has 8 heteroatoms. The molecule has 0 aliphatic carbocycles. The summed E-state index contributed by atoms with van der Waals surface area (Å²) >= 11 is 0. The summed E-state index contributed by atoms with van der Waals surface area (Å²) in [5.74, 6) is 0.833. The number of nitrogen functional groups attached to an aromatic ring is 1. The average Bonchev–Trinajstić information content (AvgIpc) is 3.29. The molecule has 5 aromatic rings. The Morgan fingerprint density at radius 1 is 0.923 bits per heavy atom. The molecule has 0 bridgehead atoms. The zero-order chi connectivity index (χ0) is 26.2. The summed E-state index contributed by atoms with van der Waals surface area (Å²) in [6.45, 7) is 5.14. The number of aryl methyl sites for hydroxylation is 1. The number of amides is 1. The number of carbonyl (C=O) groups is 1. The minimum atomic E-state index is -0.171. The normalized spacial score (nSPS) is 14.4. The minimum absolute atomic E-state index is 0. The van der Waals surface area contributed by atoms with E-state index in [0.29, 0.717) is 17.2 Å². The topological polar surface area (TPSA) is 92.3 Å². The summed E-state index contributed by atoms with van der Waals surface area (Å²) in [4.78, 5) is 22.5. The van der Waals surface area contributed by atoms with Crippen molar-refractivity contribution in [3.8, 4) is 11.3 Å². The number of fused-ring (bicyclic) bond motifs is 2. The van der Waals surface area contributed by atoms with Gasteiger partial charge in [0.15, 0.2) is 5.82 Å². The van der Waals surface area contributed by atoms with Crippen LogP contribution >= 0.6 is 0 Å². The van der Waals surface area contributed by atoms with E-state index in [1.54, 1.807) is 10.9 Å². The van der Waals surface area contributed by atoms with E-state index in [2.05, 4.69) is 50.4 Å². The van der Waals surface area contributed by atoms with Gasteiger partial charge in [-0.05, 0) is 47.0 Å². The second-order valence-electron chi connectivity index (χ2n) is 10.1. The summed E-state index contributed by atoms with van der Waals surface area (Å²) in [7, 11) is 4.04. The summed E-state index contributed by atoms with van der Waals surface area (Å²) in [5, 5.41) is 11.7. The van der Waals surface area contributed by atoms with Crippen molar-refractivity contribution in [2.45, 2.75) is 14.0 Å². The number of likely N-dealkylation sites (N-methyl/N-ethyl adjacent to an activating group) is 1. The molecule has 0 unspecified atom stereocenters. The van der Waals surface area contributed by atoms with Crippen LogP contribution in [0.15, 0.2) is 72.9 Å². The van der Waals surface area contributed by atoms with Crippen molar-refractivity contribution in [1.29, 1.82) is 0 Å². The second kappa shape index (κ2) is 10.8. The van der Waals surface area contributed by atoms with E-state index in [0.717, 1.165) is 65.5 Å². The zero-order valence-electron chi connectivity index (χ0n) is 21.7. The van der Waals surface area contributed by atoms with Gasteiger partial charge in [0.1, 0.15) is 5.82 Å². The van der Waals surface area contributed by atoms with Crippen molar-refractivity contribution in [2.24, 2.45) is 7.05 Å². The third-order valence-corrected chi connectivity index (χ3v) is 7.41.